The maximum atomic E-state index is 2.36. The zero-order chi connectivity index (χ0) is 9.42. The molecule has 1 atom stereocenters. The van der Waals surface area contributed by atoms with Gasteiger partial charge in [0.1, 0.15) is 0 Å². The van der Waals surface area contributed by atoms with Crippen molar-refractivity contribution in [1.82, 2.24) is 0 Å². The third kappa shape index (κ3) is 2.96. The van der Waals surface area contributed by atoms with E-state index >= 15 is 0 Å². The number of rotatable bonds is 1. The van der Waals surface area contributed by atoms with Crippen molar-refractivity contribution in [2.24, 2.45) is 5.92 Å². The number of halogens is 2. The Hall–Kier alpha value is 0.423. The second kappa shape index (κ2) is 6.23. The smallest absolute Gasteiger partial charge is 1.00 e. The SMILES string of the molecule is CC(C)C1[C]([Zr+2])=Cc2ccccc21.[Cl-].[Cl-]. The molecule has 0 fully saturated rings. The van der Waals surface area contributed by atoms with Crippen LogP contribution in [-0.4, -0.2) is 0 Å². The Kier molecular flexibility index (Phi) is 6.41. The molecule has 79 valence electrons. The molecule has 0 spiro atoms. The summed E-state index contributed by atoms with van der Waals surface area (Å²) in [5.74, 6) is 1.42. The first-order valence-electron chi connectivity index (χ1n) is 4.72. The van der Waals surface area contributed by atoms with E-state index in [1.165, 1.54) is 11.1 Å². The topological polar surface area (TPSA) is 0 Å². The molecule has 15 heavy (non-hydrogen) atoms. The van der Waals surface area contributed by atoms with Gasteiger partial charge >= 0.3 is 95.2 Å². The summed E-state index contributed by atoms with van der Waals surface area (Å²) in [5, 5.41) is 0. The first-order chi connectivity index (χ1) is 6.20. The van der Waals surface area contributed by atoms with Crippen LogP contribution in [0.2, 0.25) is 0 Å². The monoisotopic (exact) mass is 317 g/mol. The van der Waals surface area contributed by atoms with E-state index in [4.69, 9.17) is 0 Å². The molecule has 1 aliphatic carbocycles. The minimum Gasteiger partial charge on any atom is -1.00 e. The van der Waals surface area contributed by atoms with Gasteiger partial charge in [-0.2, -0.15) is 0 Å². The molecule has 0 bridgehead atoms. The van der Waals surface area contributed by atoms with Crippen molar-refractivity contribution in [3.63, 3.8) is 0 Å². The van der Waals surface area contributed by atoms with E-state index in [1.807, 2.05) is 0 Å². The van der Waals surface area contributed by atoms with E-state index in [-0.39, 0.29) is 24.8 Å². The van der Waals surface area contributed by atoms with E-state index in [0.717, 1.165) is 5.92 Å². The second-order valence-corrected chi connectivity index (χ2v) is 5.37. The first-order valence-corrected chi connectivity index (χ1v) is 5.95. The number of hydrogen-bond acceptors (Lipinski definition) is 0. The van der Waals surface area contributed by atoms with Crippen LogP contribution in [0, 0.1) is 5.92 Å². The van der Waals surface area contributed by atoms with Gasteiger partial charge in [0.2, 0.25) is 0 Å². The van der Waals surface area contributed by atoms with Crippen LogP contribution in [0.3, 0.4) is 0 Å². The number of allylic oxidation sites excluding steroid dienone is 1. The summed E-state index contributed by atoms with van der Waals surface area (Å²) in [4.78, 5) is 0. The molecule has 0 aromatic heterocycles. The summed E-state index contributed by atoms with van der Waals surface area (Å²) in [7, 11) is 0. The van der Waals surface area contributed by atoms with Gasteiger partial charge in [0.15, 0.2) is 0 Å². The predicted molar refractivity (Wildman–Crippen MR) is 52.0 cm³/mol. The summed E-state index contributed by atoms with van der Waals surface area (Å²) in [5.41, 5.74) is 2.97. The maximum absolute atomic E-state index is 2.36. The Morgan fingerprint density at radius 1 is 1.13 bits per heavy atom. The fraction of sp³-hybridized carbons (Fsp3) is 0.333. The fourth-order valence-corrected chi connectivity index (χ4v) is 3.65. The maximum Gasteiger partial charge on any atom is -1.00 e. The third-order valence-electron chi connectivity index (χ3n) is 2.64. The van der Waals surface area contributed by atoms with Gasteiger partial charge in [0, 0.05) is 0 Å². The zero-order valence-electron chi connectivity index (χ0n) is 8.80. The van der Waals surface area contributed by atoms with Gasteiger partial charge in [0.05, 0.1) is 0 Å². The van der Waals surface area contributed by atoms with Crippen LogP contribution in [0.15, 0.2) is 27.5 Å². The molecule has 0 N–H and O–H groups in total. The van der Waals surface area contributed by atoms with Crippen molar-refractivity contribution in [2.75, 3.05) is 0 Å². The van der Waals surface area contributed by atoms with E-state index in [1.54, 1.807) is 28.0 Å². The Morgan fingerprint density at radius 2 is 1.73 bits per heavy atom. The van der Waals surface area contributed by atoms with E-state index in [0.29, 0.717) is 5.92 Å². The molecular weight excluding hydrogens is 306 g/mol. The van der Waals surface area contributed by atoms with Crippen molar-refractivity contribution in [3.05, 3.63) is 38.7 Å². The number of fused-ring (bicyclic) bond motifs is 1. The quantitative estimate of drug-likeness (QED) is 0.530. The molecule has 0 aliphatic heterocycles. The van der Waals surface area contributed by atoms with Crippen molar-refractivity contribution in [1.29, 1.82) is 0 Å². The van der Waals surface area contributed by atoms with Crippen LogP contribution in [0.4, 0.5) is 0 Å². The Bertz CT molecular complexity index is 358. The molecular formula is C12H13Cl2Zr. The van der Waals surface area contributed by atoms with Crippen molar-refractivity contribution in [3.8, 4) is 0 Å². The Balaban J connectivity index is 0.000000980. The van der Waals surface area contributed by atoms with Crippen LogP contribution >= 0.6 is 0 Å². The predicted octanol–water partition coefficient (Wildman–Crippen LogP) is -2.66. The summed E-state index contributed by atoms with van der Waals surface area (Å²) in [6.07, 6.45) is 2.36. The fourth-order valence-electron chi connectivity index (χ4n) is 2.07. The van der Waals surface area contributed by atoms with Gasteiger partial charge in [-0.3, -0.25) is 0 Å². The van der Waals surface area contributed by atoms with Crippen molar-refractivity contribution in [2.45, 2.75) is 19.8 Å². The van der Waals surface area contributed by atoms with Crippen molar-refractivity contribution >= 4 is 6.08 Å². The summed E-state index contributed by atoms with van der Waals surface area (Å²) in [6, 6.07) is 8.77. The third-order valence-corrected chi connectivity index (χ3v) is 3.76. The molecule has 2 rings (SSSR count). The number of benzene rings is 1. The molecule has 1 aromatic rings. The van der Waals surface area contributed by atoms with E-state index in [9.17, 15) is 0 Å². The normalized spacial score (nSPS) is 17.7. The van der Waals surface area contributed by atoms with Crippen molar-refractivity contribution < 1.29 is 49.5 Å². The van der Waals surface area contributed by atoms with Gasteiger partial charge in [0.25, 0.3) is 0 Å². The van der Waals surface area contributed by atoms with E-state index < -0.39 is 0 Å². The molecule has 3 heteroatoms. The van der Waals surface area contributed by atoms with Gasteiger partial charge in [-0.25, -0.2) is 0 Å². The molecule has 1 aromatic carbocycles. The molecule has 0 saturated carbocycles. The van der Waals surface area contributed by atoms with Crippen LogP contribution in [0.25, 0.3) is 6.08 Å². The minimum absolute atomic E-state index is 0. The van der Waals surface area contributed by atoms with Crippen LogP contribution in [0.1, 0.15) is 30.9 Å². The Morgan fingerprint density at radius 3 is 2.33 bits per heavy atom. The molecule has 1 aliphatic rings. The largest absolute Gasteiger partial charge is 1.00 e. The first kappa shape index (κ1) is 15.4. The van der Waals surface area contributed by atoms with Gasteiger partial charge in [-0.15, -0.1) is 0 Å². The molecule has 0 heterocycles. The molecule has 0 amide bonds. The standard InChI is InChI=1S/C12H13.2ClH.Zr/c1-9(2)11-8-7-10-5-3-4-6-12(10)11;;;/h3-7,9,11H,1-2H3;2*1H;/q;;;+2/p-2. The Labute approximate surface area is 119 Å². The zero-order valence-corrected chi connectivity index (χ0v) is 12.8. The number of hydrogen-bond donors (Lipinski definition) is 0. The molecule has 0 nitrogen and oxygen atoms in total. The minimum atomic E-state index is 0. The van der Waals surface area contributed by atoms with Gasteiger partial charge in [-0.1, -0.05) is 0 Å². The molecule has 0 saturated heterocycles. The van der Waals surface area contributed by atoms with E-state index in [2.05, 4.69) is 44.2 Å². The molecule has 1 unspecified atom stereocenters. The van der Waals surface area contributed by atoms with Crippen LogP contribution in [0.5, 0.6) is 0 Å². The van der Waals surface area contributed by atoms with Gasteiger partial charge < -0.3 is 24.8 Å². The summed E-state index contributed by atoms with van der Waals surface area (Å²) < 4.78 is 1.60. The second-order valence-electron chi connectivity index (χ2n) is 3.95. The average molecular weight is 319 g/mol. The summed E-state index contributed by atoms with van der Waals surface area (Å²) >= 11 is 1.57. The van der Waals surface area contributed by atoms with Crippen LogP contribution in [-0.2, 0) is 24.7 Å². The van der Waals surface area contributed by atoms with Crippen LogP contribution < -0.4 is 24.8 Å². The average Bonchev–Trinajstić information content (AvgIpc) is 2.39. The van der Waals surface area contributed by atoms with Gasteiger partial charge in [-0.05, 0) is 0 Å². The molecule has 0 radical (unpaired) electrons. The summed E-state index contributed by atoms with van der Waals surface area (Å²) in [6.45, 7) is 4.62.